The summed E-state index contributed by atoms with van der Waals surface area (Å²) < 4.78 is 43.0. The third kappa shape index (κ3) is 3.66. The number of rotatable bonds is 3. The Morgan fingerprint density at radius 3 is 2.50 bits per heavy atom. The van der Waals surface area contributed by atoms with Gasteiger partial charge in [0.15, 0.2) is 0 Å². The second-order valence-corrected chi connectivity index (χ2v) is 7.22. The normalized spacial score (nSPS) is 17.8. The smallest absolute Gasteiger partial charge is 0.344 e. The molecule has 3 rings (SSSR count). The maximum atomic E-state index is 12.6. The zero-order valence-electron chi connectivity index (χ0n) is 14.6. The number of hydrogen-bond acceptors (Lipinski definition) is 5. The highest BCUT2D eigenvalue weighted by Gasteiger charge is 2.37. The Balaban J connectivity index is 1.66. The van der Waals surface area contributed by atoms with Crippen LogP contribution in [0.15, 0.2) is 28.9 Å². The van der Waals surface area contributed by atoms with E-state index in [-0.39, 0.29) is 17.2 Å². The Labute approximate surface area is 148 Å². The van der Waals surface area contributed by atoms with E-state index in [9.17, 15) is 18.0 Å². The van der Waals surface area contributed by atoms with Crippen LogP contribution >= 0.6 is 0 Å². The minimum Gasteiger partial charge on any atom is -0.344 e. The van der Waals surface area contributed by atoms with Crippen LogP contribution in [0, 0.1) is 0 Å². The molecule has 0 saturated carbocycles. The van der Waals surface area contributed by atoms with E-state index < -0.39 is 17.8 Å². The molecule has 2 aromatic rings. The number of anilines is 2. The molecule has 6 nitrogen and oxygen atoms in total. The maximum Gasteiger partial charge on any atom is 0.417 e. The number of nitrogens with one attached hydrogen (secondary N) is 1. The summed E-state index contributed by atoms with van der Waals surface area (Å²) in [5.74, 6) is 0.263. The Bertz CT molecular complexity index is 794. The van der Waals surface area contributed by atoms with Gasteiger partial charge in [-0.15, -0.1) is 0 Å². The lowest BCUT2D eigenvalue weighted by Crippen LogP contribution is -2.54. The van der Waals surface area contributed by atoms with Crippen molar-refractivity contribution in [3.8, 4) is 0 Å². The molecule has 3 heterocycles. The SMILES string of the molecule is CC(C)(C)c1cc(NC(=O)[C@@H]2CCN2c2ccc(C(F)(F)F)cn2)on1. The van der Waals surface area contributed by atoms with Gasteiger partial charge in [-0.1, -0.05) is 25.9 Å². The Kier molecular flexibility index (Phi) is 4.41. The molecule has 1 fully saturated rings. The van der Waals surface area contributed by atoms with Gasteiger partial charge in [0.1, 0.15) is 11.9 Å². The predicted octanol–water partition coefficient (Wildman–Crippen LogP) is 3.60. The van der Waals surface area contributed by atoms with Crippen molar-refractivity contribution < 1.29 is 22.5 Å². The van der Waals surface area contributed by atoms with Gasteiger partial charge in [-0.05, 0) is 18.6 Å². The molecular weight excluding hydrogens is 349 g/mol. The number of hydrogen-bond donors (Lipinski definition) is 1. The Morgan fingerprint density at radius 1 is 1.31 bits per heavy atom. The predicted molar refractivity (Wildman–Crippen MR) is 88.8 cm³/mol. The van der Waals surface area contributed by atoms with Crippen LogP contribution in [0.4, 0.5) is 24.9 Å². The molecule has 0 aromatic carbocycles. The van der Waals surface area contributed by atoms with E-state index in [1.165, 1.54) is 6.07 Å². The van der Waals surface area contributed by atoms with Gasteiger partial charge in [-0.2, -0.15) is 13.2 Å². The molecule has 2 aromatic heterocycles. The Morgan fingerprint density at radius 2 is 2.04 bits per heavy atom. The van der Waals surface area contributed by atoms with Crippen LogP contribution in [-0.2, 0) is 16.4 Å². The highest BCUT2D eigenvalue weighted by Crippen LogP contribution is 2.31. The molecule has 0 radical (unpaired) electrons. The summed E-state index contributed by atoms with van der Waals surface area (Å²) in [5.41, 5.74) is -0.319. The van der Waals surface area contributed by atoms with Crippen LogP contribution in [0.25, 0.3) is 0 Å². The molecule has 0 aliphatic carbocycles. The van der Waals surface area contributed by atoms with Gasteiger partial charge >= 0.3 is 6.18 Å². The molecule has 26 heavy (non-hydrogen) atoms. The third-order valence-electron chi connectivity index (χ3n) is 4.22. The summed E-state index contributed by atoms with van der Waals surface area (Å²) in [6.07, 6.45) is -3.09. The lowest BCUT2D eigenvalue weighted by Gasteiger charge is -2.40. The highest BCUT2D eigenvalue weighted by molar-refractivity contribution is 5.96. The van der Waals surface area contributed by atoms with E-state index in [1.807, 2.05) is 20.8 Å². The van der Waals surface area contributed by atoms with Crippen molar-refractivity contribution in [1.29, 1.82) is 0 Å². The summed E-state index contributed by atoms with van der Waals surface area (Å²) in [5, 5.41) is 6.59. The molecule has 9 heteroatoms. The number of aromatic nitrogens is 2. The average Bonchev–Trinajstić information content (AvgIpc) is 2.94. The van der Waals surface area contributed by atoms with Crippen molar-refractivity contribution in [2.24, 2.45) is 0 Å². The van der Waals surface area contributed by atoms with Crippen LogP contribution < -0.4 is 10.2 Å². The molecule has 1 N–H and O–H groups in total. The van der Waals surface area contributed by atoms with Crippen LogP contribution in [0.1, 0.15) is 38.4 Å². The fourth-order valence-electron chi connectivity index (χ4n) is 2.55. The van der Waals surface area contributed by atoms with Crippen LogP contribution in [-0.4, -0.2) is 28.6 Å². The molecule has 1 saturated heterocycles. The van der Waals surface area contributed by atoms with E-state index in [2.05, 4.69) is 15.5 Å². The van der Waals surface area contributed by atoms with Crippen molar-refractivity contribution >= 4 is 17.6 Å². The van der Waals surface area contributed by atoms with Crippen LogP contribution in [0.3, 0.4) is 0 Å². The summed E-state index contributed by atoms with van der Waals surface area (Å²) in [4.78, 5) is 17.9. The summed E-state index contributed by atoms with van der Waals surface area (Å²) in [6, 6.07) is 3.38. The average molecular weight is 368 g/mol. The minimum atomic E-state index is -4.44. The van der Waals surface area contributed by atoms with Crippen molar-refractivity contribution in [3.63, 3.8) is 0 Å². The van der Waals surface area contributed by atoms with Gasteiger partial charge in [-0.25, -0.2) is 4.98 Å². The molecule has 0 unspecified atom stereocenters. The third-order valence-corrected chi connectivity index (χ3v) is 4.22. The largest absolute Gasteiger partial charge is 0.417 e. The number of amides is 1. The van der Waals surface area contributed by atoms with Gasteiger partial charge < -0.3 is 9.42 Å². The number of alkyl halides is 3. The van der Waals surface area contributed by atoms with Crippen molar-refractivity contribution in [3.05, 3.63) is 35.7 Å². The fraction of sp³-hybridized carbons (Fsp3) is 0.471. The first-order chi connectivity index (χ1) is 12.1. The quantitative estimate of drug-likeness (QED) is 0.896. The van der Waals surface area contributed by atoms with E-state index in [0.29, 0.717) is 24.5 Å². The number of halogens is 3. The fourth-order valence-corrected chi connectivity index (χ4v) is 2.55. The number of pyridine rings is 1. The zero-order valence-corrected chi connectivity index (χ0v) is 14.6. The van der Waals surface area contributed by atoms with Crippen LogP contribution in [0.5, 0.6) is 0 Å². The molecule has 1 aliphatic heterocycles. The molecule has 1 atom stereocenters. The van der Waals surface area contributed by atoms with E-state index in [1.54, 1.807) is 11.0 Å². The van der Waals surface area contributed by atoms with Crippen molar-refractivity contribution in [2.75, 3.05) is 16.8 Å². The van der Waals surface area contributed by atoms with Gasteiger partial charge in [0, 0.05) is 24.2 Å². The highest BCUT2D eigenvalue weighted by atomic mass is 19.4. The van der Waals surface area contributed by atoms with Crippen LogP contribution in [0.2, 0.25) is 0 Å². The van der Waals surface area contributed by atoms with E-state index in [4.69, 9.17) is 4.52 Å². The zero-order chi connectivity index (χ0) is 19.1. The Hall–Kier alpha value is -2.58. The second kappa shape index (κ2) is 6.30. The minimum absolute atomic E-state index is 0.209. The molecule has 1 aliphatic rings. The van der Waals surface area contributed by atoms with E-state index >= 15 is 0 Å². The van der Waals surface area contributed by atoms with Gasteiger partial charge in [0.2, 0.25) is 11.8 Å². The molecule has 0 bridgehead atoms. The van der Waals surface area contributed by atoms with Gasteiger partial charge in [0.25, 0.3) is 0 Å². The topological polar surface area (TPSA) is 71.3 Å². The molecule has 0 spiro atoms. The van der Waals surface area contributed by atoms with Crippen molar-refractivity contribution in [2.45, 2.75) is 44.8 Å². The molecule has 1 amide bonds. The first-order valence-electron chi connectivity index (χ1n) is 8.13. The summed E-state index contributed by atoms with van der Waals surface area (Å²) in [7, 11) is 0. The molecule has 140 valence electrons. The standard InChI is InChI=1S/C17H19F3N4O2/c1-16(2,3)12-8-14(26-23-12)22-15(25)11-6-7-24(11)13-5-4-10(9-21-13)17(18,19)20/h4-5,8-9,11H,6-7H2,1-3H3,(H,22,25)/t11-/m0/s1. The number of carbonyl (C=O) groups is 1. The second-order valence-electron chi connectivity index (χ2n) is 7.22. The number of nitrogens with zero attached hydrogens (tertiary/aromatic N) is 3. The van der Waals surface area contributed by atoms with E-state index in [0.717, 1.165) is 12.3 Å². The lowest BCUT2D eigenvalue weighted by molar-refractivity contribution is -0.137. The first kappa shape index (κ1) is 18.2. The first-order valence-corrected chi connectivity index (χ1v) is 8.13. The van der Waals surface area contributed by atoms with Gasteiger partial charge in [-0.3, -0.25) is 10.1 Å². The van der Waals surface area contributed by atoms with Gasteiger partial charge in [0.05, 0.1) is 11.3 Å². The number of carbonyl (C=O) groups excluding carboxylic acids is 1. The summed E-state index contributed by atoms with van der Waals surface area (Å²) >= 11 is 0. The molecular formula is C17H19F3N4O2. The monoisotopic (exact) mass is 368 g/mol. The lowest BCUT2D eigenvalue weighted by atomic mass is 9.92. The van der Waals surface area contributed by atoms with Crippen molar-refractivity contribution in [1.82, 2.24) is 10.1 Å². The summed E-state index contributed by atoms with van der Waals surface area (Å²) in [6.45, 7) is 6.46. The maximum absolute atomic E-state index is 12.6.